The van der Waals surface area contributed by atoms with E-state index in [9.17, 15) is 29.4 Å². The van der Waals surface area contributed by atoms with Gasteiger partial charge in [0.05, 0.1) is 20.5 Å². The number of thioether (sulfide) groups is 1. The van der Waals surface area contributed by atoms with Crippen molar-refractivity contribution in [2.75, 3.05) is 11.1 Å². The average Bonchev–Trinajstić information content (AvgIpc) is 3.47. The Morgan fingerprint density at radius 3 is 2.22 bits per heavy atom. The quantitative estimate of drug-likeness (QED) is 0.381. The number of nitrogens with zero attached hydrogens (tertiary/aromatic N) is 1. The highest BCUT2D eigenvalue weighted by molar-refractivity contribution is 8.01. The van der Waals surface area contributed by atoms with Gasteiger partial charge in [-0.25, -0.2) is 9.59 Å². The highest BCUT2D eigenvalue weighted by Crippen LogP contribution is 2.50. The van der Waals surface area contributed by atoms with E-state index in [1.54, 1.807) is 42.5 Å². The number of aliphatic carboxylic acids is 1. The number of rotatable bonds is 7. The highest BCUT2D eigenvalue weighted by Gasteiger charge is 2.53. The molecule has 1 aliphatic carbocycles. The maximum atomic E-state index is 13.0. The van der Waals surface area contributed by atoms with E-state index >= 15 is 0 Å². The van der Waals surface area contributed by atoms with Gasteiger partial charge in [0.25, 0.3) is 5.91 Å². The van der Waals surface area contributed by atoms with Crippen LogP contribution in [0.2, 0.25) is 10.0 Å². The monoisotopic (exact) mass is 565 g/mol. The molecule has 0 aromatic heterocycles. The summed E-state index contributed by atoms with van der Waals surface area (Å²) in [5, 5.41) is 25.2. The van der Waals surface area contributed by atoms with Crippen LogP contribution in [-0.2, 0) is 16.0 Å². The number of nitrogens with one attached hydrogen (secondary N) is 2. The van der Waals surface area contributed by atoms with Crippen LogP contribution in [0.4, 0.5) is 10.5 Å². The van der Waals surface area contributed by atoms with Crippen molar-refractivity contribution in [3.63, 3.8) is 0 Å². The zero-order valence-corrected chi connectivity index (χ0v) is 21.9. The Morgan fingerprint density at radius 2 is 1.65 bits per heavy atom. The molecular formula is C25H25Cl2N3O6S. The van der Waals surface area contributed by atoms with E-state index in [-0.39, 0.29) is 27.8 Å². The van der Waals surface area contributed by atoms with Gasteiger partial charge in [0.2, 0.25) is 5.91 Å². The summed E-state index contributed by atoms with van der Waals surface area (Å²) in [6.07, 6.45) is 1.96. The molecule has 4 N–H and O–H groups in total. The number of hydrogen-bond acceptors (Lipinski definition) is 5. The van der Waals surface area contributed by atoms with E-state index in [0.29, 0.717) is 24.1 Å². The summed E-state index contributed by atoms with van der Waals surface area (Å²) in [6.45, 7) is 0. The van der Waals surface area contributed by atoms with Gasteiger partial charge in [-0.3, -0.25) is 14.5 Å². The van der Waals surface area contributed by atoms with Crippen LogP contribution in [0.3, 0.4) is 0 Å². The van der Waals surface area contributed by atoms with E-state index < -0.39 is 40.8 Å². The summed E-state index contributed by atoms with van der Waals surface area (Å²) in [6, 6.07) is 9.00. The maximum Gasteiger partial charge on any atom is 0.409 e. The smallest absolute Gasteiger partial charge is 0.409 e. The fourth-order valence-corrected chi connectivity index (χ4v) is 7.07. The Morgan fingerprint density at radius 1 is 1.03 bits per heavy atom. The predicted molar refractivity (Wildman–Crippen MR) is 141 cm³/mol. The summed E-state index contributed by atoms with van der Waals surface area (Å²) in [4.78, 5) is 50.1. The van der Waals surface area contributed by atoms with Gasteiger partial charge < -0.3 is 20.8 Å². The Kier molecular flexibility index (Phi) is 8.20. The summed E-state index contributed by atoms with van der Waals surface area (Å²) >= 11 is 13.6. The lowest BCUT2D eigenvalue weighted by molar-refractivity contribution is -0.142. The fraction of sp³-hybridized carbons (Fsp3) is 0.360. The second-order valence-electron chi connectivity index (χ2n) is 8.98. The molecule has 0 radical (unpaired) electrons. The average molecular weight is 566 g/mol. The Hall–Kier alpha value is -2.95. The molecule has 2 atom stereocenters. The van der Waals surface area contributed by atoms with Crippen molar-refractivity contribution in [1.82, 2.24) is 10.2 Å². The van der Waals surface area contributed by atoms with Gasteiger partial charge in [0.1, 0.15) is 12.1 Å². The predicted octanol–water partition coefficient (Wildman–Crippen LogP) is 4.72. The van der Waals surface area contributed by atoms with E-state index in [1.165, 1.54) is 16.7 Å². The molecular weight excluding hydrogens is 541 g/mol. The second-order valence-corrected chi connectivity index (χ2v) is 11.2. The van der Waals surface area contributed by atoms with E-state index in [2.05, 4.69) is 10.6 Å². The highest BCUT2D eigenvalue weighted by atomic mass is 35.5. The number of benzene rings is 2. The second kappa shape index (κ2) is 11.2. The summed E-state index contributed by atoms with van der Waals surface area (Å²) in [5.74, 6) is -2.06. The molecule has 1 saturated carbocycles. The van der Waals surface area contributed by atoms with Crippen molar-refractivity contribution in [2.24, 2.45) is 0 Å². The van der Waals surface area contributed by atoms with Crippen molar-refractivity contribution in [3.8, 4) is 0 Å². The van der Waals surface area contributed by atoms with Gasteiger partial charge in [-0.1, -0.05) is 54.2 Å². The van der Waals surface area contributed by atoms with Crippen LogP contribution in [0.25, 0.3) is 0 Å². The van der Waals surface area contributed by atoms with Crippen molar-refractivity contribution >= 4 is 64.5 Å². The van der Waals surface area contributed by atoms with E-state index in [0.717, 1.165) is 12.8 Å². The van der Waals surface area contributed by atoms with Gasteiger partial charge in [-0.15, -0.1) is 11.8 Å². The molecule has 2 aliphatic rings. The lowest BCUT2D eigenvalue weighted by Gasteiger charge is -2.34. The molecule has 9 nitrogen and oxygen atoms in total. The van der Waals surface area contributed by atoms with Crippen molar-refractivity contribution in [1.29, 1.82) is 0 Å². The van der Waals surface area contributed by atoms with Gasteiger partial charge in [-0.2, -0.15) is 0 Å². The molecule has 4 rings (SSSR count). The van der Waals surface area contributed by atoms with Crippen LogP contribution in [0.5, 0.6) is 0 Å². The molecule has 37 heavy (non-hydrogen) atoms. The number of carboxylic acids is 1. The topological polar surface area (TPSA) is 136 Å². The van der Waals surface area contributed by atoms with Crippen LogP contribution in [0.1, 0.15) is 41.6 Å². The number of carbonyl (C=O) groups is 4. The molecule has 2 fully saturated rings. The molecule has 1 spiro atoms. The first-order valence-corrected chi connectivity index (χ1v) is 13.4. The van der Waals surface area contributed by atoms with Crippen molar-refractivity contribution < 1.29 is 29.4 Å². The van der Waals surface area contributed by atoms with Gasteiger partial charge >= 0.3 is 12.1 Å². The molecule has 12 heteroatoms. The molecule has 0 bridgehead atoms. The van der Waals surface area contributed by atoms with E-state index in [4.69, 9.17) is 23.2 Å². The number of amides is 3. The maximum absolute atomic E-state index is 13.0. The third-order valence-electron chi connectivity index (χ3n) is 6.61. The SMILES string of the molecule is O=C(Nc1ccc(C[C@H](NC(=O)[C@@H]2CSC3(CCCC3)N2C(=O)O)C(=O)O)cc1)c1c(Cl)cccc1Cl. The lowest BCUT2D eigenvalue weighted by atomic mass is 10.0. The molecule has 1 saturated heterocycles. The van der Waals surface area contributed by atoms with E-state index in [1.807, 2.05) is 0 Å². The summed E-state index contributed by atoms with van der Waals surface area (Å²) in [5.41, 5.74) is 1.19. The Labute approximate surface area is 227 Å². The minimum atomic E-state index is -1.25. The third kappa shape index (κ3) is 5.81. The van der Waals surface area contributed by atoms with Crippen LogP contribution in [0.15, 0.2) is 42.5 Å². The minimum Gasteiger partial charge on any atom is -0.480 e. The number of hydrogen-bond donors (Lipinski definition) is 4. The summed E-state index contributed by atoms with van der Waals surface area (Å²) < 4.78 is 0. The van der Waals surface area contributed by atoms with Gasteiger partial charge in [-0.05, 0) is 42.7 Å². The molecule has 3 amide bonds. The van der Waals surface area contributed by atoms with Crippen LogP contribution in [-0.4, -0.2) is 61.7 Å². The summed E-state index contributed by atoms with van der Waals surface area (Å²) in [7, 11) is 0. The molecule has 196 valence electrons. The number of halogens is 2. The lowest BCUT2D eigenvalue weighted by Crippen LogP contribution is -2.56. The molecule has 2 aromatic rings. The van der Waals surface area contributed by atoms with Crippen LogP contribution < -0.4 is 10.6 Å². The number of carbonyl (C=O) groups excluding carboxylic acids is 2. The molecule has 1 aliphatic heterocycles. The zero-order chi connectivity index (χ0) is 26.7. The zero-order valence-electron chi connectivity index (χ0n) is 19.6. The van der Waals surface area contributed by atoms with Crippen LogP contribution >= 0.6 is 35.0 Å². The first kappa shape index (κ1) is 27.1. The van der Waals surface area contributed by atoms with Gasteiger partial charge in [0, 0.05) is 17.9 Å². The van der Waals surface area contributed by atoms with Crippen LogP contribution in [0, 0.1) is 0 Å². The van der Waals surface area contributed by atoms with Crippen molar-refractivity contribution in [2.45, 2.75) is 49.1 Å². The molecule has 0 unspecified atom stereocenters. The van der Waals surface area contributed by atoms with Gasteiger partial charge in [0.15, 0.2) is 0 Å². The number of carboxylic acid groups (broad SMARTS) is 2. The third-order valence-corrected chi connectivity index (χ3v) is 8.86. The fourth-order valence-electron chi connectivity index (χ4n) is 4.81. The first-order valence-electron chi connectivity index (χ1n) is 11.6. The molecule has 2 aromatic carbocycles. The normalized spacial score (nSPS) is 19.0. The largest absolute Gasteiger partial charge is 0.480 e. The molecule has 1 heterocycles. The first-order chi connectivity index (χ1) is 17.6. The van der Waals surface area contributed by atoms with Crippen molar-refractivity contribution in [3.05, 3.63) is 63.6 Å². The number of anilines is 1. The Bertz CT molecular complexity index is 1200. The minimum absolute atomic E-state index is 0.0241. The standard InChI is InChI=1S/C25H25Cl2N3O6S/c26-16-4-3-5-17(27)20(16)22(32)28-15-8-6-14(7-9-15)12-18(23(33)34)29-21(31)19-13-37-25(10-1-2-11-25)30(19)24(35)36/h3-9,18-19H,1-2,10-13H2,(H,28,32)(H,29,31)(H,33,34)(H,35,36)/t18-,19-/m0/s1. The Balaban J connectivity index is 1.41.